The van der Waals surface area contributed by atoms with Gasteiger partial charge in [-0.1, -0.05) is 36.3 Å². The summed E-state index contributed by atoms with van der Waals surface area (Å²) in [6, 6.07) is 10.2. The van der Waals surface area contributed by atoms with E-state index in [1.807, 2.05) is 25.1 Å². The highest BCUT2D eigenvalue weighted by Crippen LogP contribution is 2.02. The molecule has 0 amide bonds. The summed E-state index contributed by atoms with van der Waals surface area (Å²) in [6.07, 6.45) is 0. The highest BCUT2D eigenvalue weighted by atomic mass is 16.5. The first kappa shape index (κ1) is 10.8. The maximum Gasteiger partial charge on any atom is 0.0717 e. The summed E-state index contributed by atoms with van der Waals surface area (Å²) < 4.78 is 5.53. The van der Waals surface area contributed by atoms with Crippen molar-refractivity contribution >= 4 is 0 Å². The third kappa shape index (κ3) is 4.11. The van der Waals surface area contributed by atoms with Gasteiger partial charge in [0.15, 0.2) is 0 Å². The summed E-state index contributed by atoms with van der Waals surface area (Å²) in [6.45, 7) is 5.31. The van der Waals surface area contributed by atoms with E-state index >= 15 is 0 Å². The number of hydrogen-bond donors (Lipinski definition) is 0. The van der Waals surface area contributed by atoms with Crippen LogP contribution in [-0.4, -0.2) is 6.61 Å². The van der Waals surface area contributed by atoms with Gasteiger partial charge in [0, 0.05) is 5.92 Å². The number of hydrogen-bond acceptors (Lipinski definition) is 1. The minimum absolute atomic E-state index is 0.323. The molecule has 0 aliphatic rings. The van der Waals surface area contributed by atoms with Gasteiger partial charge in [-0.25, -0.2) is 0 Å². The summed E-state index contributed by atoms with van der Waals surface area (Å²) in [7, 11) is 0. The van der Waals surface area contributed by atoms with Crippen LogP contribution in [0.1, 0.15) is 19.4 Å². The highest BCUT2D eigenvalue weighted by Gasteiger charge is 1.97. The summed E-state index contributed by atoms with van der Waals surface area (Å²) in [5.74, 6) is 6.27. The molecular weight excluding hydrogens is 172 g/mol. The lowest BCUT2D eigenvalue weighted by Crippen LogP contribution is -2.03. The van der Waals surface area contributed by atoms with Crippen LogP contribution in [0, 0.1) is 17.8 Å². The van der Waals surface area contributed by atoms with Gasteiger partial charge in [0.25, 0.3) is 0 Å². The predicted molar refractivity (Wildman–Crippen MR) is 58.7 cm³/mol. The van der Waals surface area contributed by atoms with Crippen molar-refractivity contribution in [1.82, 2.24) is 0 Å². The van der Waals surface area contributed by atoms with Crippen LogP contribution < -0.4 is 0 Å². The molecule has 1 nitrogen and oxygen atoms in total. The van der Waals surface area contributed by atoms with Gasteiger partial charge in [-0.3, -0.25) is 0 Å². The monoisotopic (exact) mass is 188 g/mol. The third-order valence-corrected chi connectivity index (χ3v) is 1.87. The Morgan fingerprint density at radius 3 is 2.64 bits per heavy atom. The van der Waals surface area contributed by atoms with E-state index in [-0.39, 0.29) is 0 Å². The fourth-order valence-corrected chi connectivity index (χ4v) is 1.22. The molecule has 1 atom stereocenters. The Balaban J connectivity index is 2.24. The van der Waals surface area contributed by atoms with Crippen LogP contribution in [-0.2, 0) is 11.3 Å². The van der Waals surface area contributed by atoms with Crippen molar-refractivity contribution in [2.24, 2.45) is 5.92 Å². The maximum atomic E-state index is 5.53. The summed E-state index contributed by atoms with van der Waals surface area (Å²) in [5.41, 5.74) is 1.21. The van der Waals surface area contributed by atoms with Gasteiger partial charge < -0.3 is 4.74 Å². The van der Waals surface area contributed by atoms with Gasteiger partial charge in [0.1, 0.15) is 0 Å². The van der Waals surface area contributed by atoms with Crippen molar-refractivity contribution in [2.75, 3.05) is 6.61 Å². The summed E-state index contributed by atoms with van der Waals surface area (Å²) >= 11 is 0. The lowest BCUT2D eigenvalue weighted by atomic mass is 10.2. The van der Waals surface area contributed by atoms with E-state index in [1.54, 1.807) is 0 Å². The fourth-order valence-electron chi connectivity index (χ4n) is 1.22. The molecule has 0 aliphatic carbocycles. The average Bonchev–Trinajstić information content (AvgIpc) is 2.20. The topological polar surface area (TPSA) is 9.23 Å². The van der Waals surface area contributed by atoms with Gasteiger partial charge >= 0.3 is 0 Å². The Morgan fingerprint density at radius 2 is 2.00 bits per heavy atom. The van der Waals surface area contributed by atoms with E-state index in [0.717, 1.165) is 0 Å². The zero-order chi connectivity index (χ0) is 10.2. The Kier molecular flexibility index (Phi) is 4.82. The van der Waals surface area contributed by atoms with Crippen LogP contribution in [0.25, 0.3) is 0 Å². The van der Waals surface area contributed by atoms with Gasteiger partial charge in [-0.15, -0.1) is 5.92 Å². The number of ether oxygens (including phenoxy) is 1. The van der Waals surface area contributed by atoms with E-state index < -0.39 is 0 Å². The van der Waals surface area contributed by atoms with Crippen molar-refractivity contribution in [1.29, 1.82) is 0 Å². The maximum absolute atomic E-state index is 5.53. The molecule has 0 heterocycles. The molecule has 0 aromatic heterocycles. The fraction of sp³-hybridized carbons (Fsp3) is 0.385. The largest absolute Gasteiger partial charge is 0.376 e. The van der Waals surface area contributed by atoms with E-state index in [9.17, 15) is 0 Å². The van der Waals surface area contributed by atoms with Crippen LogP contribution in [0.3, 0.4) is 0 Å². The van der Waals surface area contributed by atoms with E-state index in [2.05, 4.69) is 30.9 Å². The lowest BCUT2D eigenvalue weighted by Gasteiger charge is -2.05. The molecule has 0 spiro atoms. The zero-order valence-electron chi connectivity index (χ0n) is 8.79. The molecule has 0 aliphatic heterocycles. The van der Waals surface area contributed by atoms with Crippen LogP contribution in [0.15, 0.2) is 30.3 Å². The Morgan fingerprint density at radius 1 is 1.29 bits per heavy atom. The molecule has 0 N–H and O–H groups in total. The van der Waals surface area contributed by atoms with Crippen molar-refractivity contribution in [3.63, 3.8) is 0 Å². The van der Waals surface area contributed by atoms with E-state index in [0.29, 0.717) is 19.1 Å². The van der Waals surface area contributed by atoms with Gasteiger partial charge in [0.2, 0.25) is 0 Å². The smallest absolute Gasteiger partial charge is 0.0717 e. The summed E-state index contributed by atoms with van der Waals surface area (Å²) in [5, 5.41) is 0. The van der Waals surface area contributed by atoms with Crippen molar-refractivity contribution < 1.29 is 4.74 Å². The molecule has 0 saturated heterocycles. The molecular formula is C13H16O. The molecule has 14 heavy (non-hydrogen) atoms. The SMILES string of the molecule is CC#C[C@H](C)COCc1ccccc1. The predicted octanol–water partition coefficient (Wildman–Crippen LogP) is 2.86. The first-order valence-corrected chi connectivity index (χ1v) is 4.87. The van der Waals surface area contributed by atoms with E-state index in [1.165, 1.54) is 5.56 Å². The zero-order valence-corrected chi connectivity index (χ0v) is 8.79. The number of rotatable bonds is 4. The quantitative estimate of drug-likeness (QED) is 0.660. The van der Waals surface area contributed by atoms with Gasteiger partial charge in [-0.05, 0) is 19.4 Å². The van der Waals surface area contributed by atoms with Gasteiger partial charge in [-0.2, -0.15) is 0 Å². The van der Waals surface area contributed by atoms with Crippen molar-refractivity contribution in [2.45, 2.75) is 20.5 Å². The highest BCUT2D eigenvalue weighted by molar-refractivity contribution is 5.13. The normalized spacial score (nSPS) is 11.6. The first-order chi connectivity index (χ1) is 6.83. The minimum atomic E-state index is 0.323. The second-order valence-electron chi connectivity index (χ2n) is 3.30. The van der Waals surface area contributed by atoms with Crippen LogP contribution in [0.4, 0.5) is 0 Å². The molecule has 0 fully saturated rings. The Bertz CT molecular complexity index is 305. The van der Waals surface area contributed by atoms with Crippen LogP contribution in [0.2, 0.25) is 0 Å². The van der Waals surface area contributed by atoms with Gasteiger partial charge in [0.05, 0.1) is 13.2 Å². The van der Waals surface area contributed by atoms with E-state index in [4.69, 9.17) is 4.74 Å². The van der Waals surface area contributed by atoms with Crippen LogP contribution >= 0.6 is 0 Å². The average molecular weight is 188 g/mol. The standard InChI is InChI=1S/C13H16O/c1-3-7-12(2)10-14-11-13-8-5-4-6-9-13/h4-6,8-9,12H,10-11H2,1-2H3/t12-/m0/s1. The van der Waals surface area contributed by atoms with Crippen molar-refractivity contribution in [3.05, 3.63) is 35.9 Å². The molecule has 1 heteroatoms. The Labute approximate surface area is 86.1 Å². The lowest BCUT2D eigenvalue weighted by molar-refractivity contribution is 0.106. The molecule has 74 valence electrons. The third-order valence-electron chi connectivity index (χ3n) is 1.87. The minimum Gasteiger partial charge on any atom is -0.376 e. The molecule has 0 saturated carbocycles. The molecule has 1 rings (SSSR count). The second-order valence-corrected chi connectivity index (χ2v) is 3.30. The summed E-state index contributed by atoms with van der Waals surface area (Å²) in [4.78, 5) is 0. The molecule has 0 bridgehead atoms. The van der Waals surface area contributed by atoms with Crippen molar-refractivity contribution in [3.8, 4) is 11.8 Å². The Hall–Kier alpha value is -1.26. The number of benzene rings is 1. The second kappa shape index (κ2) is 6.23. The molecule has 0 radical (unpaired) electrons. The molecule has 1 aromatic carbocycles. The van der Waals surface area contributed by atoms with Crippen LogP contribution in [0.5, 0.6) is 0 Å². The first-order valence-electron chi connectivity index (χ1n) is 4.87. The molecule has 0 unspecified atom stereocenters. The molecule has 1 aromatic rings.